The van der Waals surface area contributed by atoms with E-state index in [4.69, 9.17) is 4.42 Å². The van der Waals surface area contributed by atoms with Crippen molar-refractivity contribution >= 4 is 0 Å². The fraction of sp³-hybridized carbons (Fsp3) is 0.471. The Bertz CT molecular complexity index is 578. The Morgan fingerprint density at radius 1 is 1.18 bits per heavy atom. The van der Waals surface area contributed by atoms with Crippen molar-refractivity contribution < 1.29 is 13.2 Å². The van der Waals surface area contributed by atoms with Crippen molar-refractivity contribution in [2.45, 2.75) is 52.1 Å². The van der Waals surface area contributed by atoms with Crippen molar-refractivity contribution in [1.82, 2.24) is 10.3 Å². The Labute approximate surface area is 129 Å². The van der Waals surface area contributed by atoms with Gasteiger partial charge in [-0.1, -0.05) is 26.2 Å². The first-order valence-electron chi connectivity index (χ1n) is 7.72. The van der Waals surface area contributed by atoms with E-state index in [2.05, 4.69) is 24.1 Å². The average Bonchev–Trinajstić information content (AvgIpc) is 2.93. The van der Waals surface area contributed by atoms with Gasteiger partial charge in [0, 0.05) is 24.2 Å². The maximum Gasteiger partial charge on any atom is 0.226 e. The average molecular weight is 308 g/mol. The van der Waals surface area contributed by atoms with Crippen LogP contribution in [0.1, 0.15) is 45.2 Å². The molecule has 1 N–H and O–H groups in total. The smallest absolute Gasteiger partial charge is 0.226 e. The van der Waals surface area contributed by atoms with E-state index >= 15 is 0 Å². The molecule has 0 amide bonds. The zero-order chi connectivity index (χ0) is 15.9. The second kappa shape index (κ2) is 8.03. The standard InChI is InChI=1S/C17H22F2N2O/c1-3-4-5-6-12(2)20-10-16-11-22-17(21-16)13-7-14(18)9-15(19)8-13/h7-9,11-12,20H,3-6,10H2,1-2H3. The molecule has 0 aliphatic heterocycles. The van der Waals surface area contributed by atoms with E-state index in [1.165, 1.54) is 37.7 Å². The molecule has 0 saturated heterocycles. The molecular weight excluding hydrogens is 286 g/mol. The molecule has 0 fully saturated rings. The number of nitrogens with zero attached hydrogens (tertiary/aromatic N) is 1. The van der Waals surface area contributed by atoms with Gasteiger partial charge in [-0.05, 0) is 25.5 Å². The van der Waals surface area contributed by atoms with Crippen LogP contribution in [0.4, 0.5) is 8.78 Å². The van der Waals surface area contributed by atoms with Gasteiger partial charge in [0.05, 0.1) is 5.69 Å². The lowest BCUT2D eigenvalue weighted by atomic mass is 10.1. The van der Waals surface area contributed by atoms with Crippen LogP contribution in [0.25, 0.3) is 11.5 Å². The first-order chi connectivity index (χ1) is 10.6. The van der Waals surface area contributed by atoms with Crippen molar-refractivity contribution in [1.29, 1.82) is 0 Å². The molecule has 5 heteroatoms. The summed E-state index contributed by atoms with van der Waals surface area (Å²) in [6.45, 7) is 4.90. The Morgan fingerprint density at radius 3 is 2.59 bits per heavy atom. The fourth-order valence-electron chi connectivity index (χ4n) is 2.28. The third-order valence-electron chi connectivity index (χ3n) is 3.53. The van der Waals surface area contributed by atoms with Gasteiger partial charge in [-0.15, -0.1) is 0 Å². The Morgan fingerprint density at radius 2 is 1.91 bits per heavy atom. The summed E-state index contributed by atoms with van der Waals surface area (Å²) >= 11 is 0. The van der Waals surface area contributed by atoms with Crippen LogP contribution in [0.2, 0.25) is 0 Å². The first kappa shape index (κ1) is 16.6. The van der Waals surface area contributed by atoms with E-state index in [1.54, 1.807) is 0 Å². The van der Waals surface area contributed by atoms with Crippen LogP contribution in [0.3, 0.4) is 0 Å². The lowest BCUT2D eigenvalue weighted by molar-refractivity contribution is 0.483. The van der Waals surface area contributed by atoms with E-state index < -0.39 is 11.6 Å². The van der Waals surface area contributed by atoms with Gasteiger partial charge in [0.15, 0.2) is 0 Å². The minimum absolute atomic E-state index is 0.230. The monoisotopic (exact) mass is 308 g/mol. The molecule has 1 unspecified atom stereocenters. The molecule has 22 heavy (non-hydrogen) atoms. The van der Waals surface area contributed by atoms with Gasteiger partial charge in [0.1, 0.15) is 17.9 Å². The molecule has 1 heterocycles. The van der Waals surface area contributed by atoms with Crippen LogP contribution >= 0.6 is 0 Å². The molecule has 0 bridgehead atoms. The summed E-state index contributed by atoms with van der Waals surface area (Å²) in [5.74, 6) is -1.05. The normalized spacial score (nSPS) is 12.5. The molecule has 0 spiro atoms. The summed E-state index contributed by atoms with van der Waals surface area (Å²) in [6, 6.07) is 3.64. The molecule has 0 saturated carbocycles. The van der Waals surface area contributed by atoms with Crippen LogP contribution in [0.15, 0.2) is 28.9 Å². The van der Waals surface area contributed by atoms with Crippen molar-refractivity contribution in [3.05, 3.63) is 41.8 Å². The van der Waals surface area contributed by atoms with E-state index in [9.17, 15) is 8.78 Å². The summed E-state index contributed by atoms with van der Waals surface area (Å²) in [5.41, 5.74) is 1.03. The van der Waals surface area contributed by atoms with Crippen molar-refractivity contribution in [3.8, 4) is 11.5 Å². The number of hydrogen-bond acceptors (Lipinski definition) is 3. The van der Waals surface area contributed by atoms with Crippen LogP contribution in [0, 0.1) is 11.6 Å². The fourth-order valence-corrected chi connectivity index (χ4v) is 2.28. The number of unbranched alkanes of at least 4 members (excludes halogenated alkanes) is 2. The predicted molar refractivity (Wildman–Crippen MR) is 82.3 cm³/mol. The Balaban J connectivity index is 1.91. The minimum atomic E-state index is -0.641. The molecule has 120 valence electrons. The first-order valence-corrected chi connectivity index (χ1v) is 7.72. The molecule has 3 nitrogen and oxygen atoms in total. The lowest BCUT2D eigenvalue weighted by Crippen LogP contribution is -2.25. The van der Waals surface area contributed by atoms with Gasteiger partial charge in [0.2, 0.25) is 5.89 Å². The van der Waals surface area contributed by atoms with Crippen LogP contribution in [-0.2, 0) is 6.54 Å². The largest absolute Gasteiger partial charge is 0.444 e. The molecule has 2 aromatic rings. The van der Waals surface area contributed by atoms with Crippen LogP contribution in [0.5, 0.6) is 0 Å². The van der Waals surface area contributed by atoms with Crippen molar-refractivity contribution in [3.63, 3.8) is 0 Å². The summed E-state index contributed by atoms with van der Waals surface area (Å²) in [6.07, 6.45) is 6.30. The molecule has 0 radical (unpaired) electrons. The number of hydrogen-bond donors (Lipinski definition) is 1. The molecule has 1 atom stereocenters. The van der Waals surface area contributed by atoms with Gasteiger partial charge < -0.3 is 9.73 Å². The summed E-state index contributed by atoms with van der Waals surface area (Å²) in [5, 5.41) is 3.37. The van der Waals surface area contributed by atoms with Crippen LogP contribution < -0.4 is 5.32 Å². The highest BCUT2D eigenvalue weighted by molar-refractivity contribution is 5.53. The highest BCUT2D eigenvalue weighted by atomic mass is 19.1. The Hall–Kier alpha value is -1.75. The highest BCUT2D eigenvalue weighted by Crippen LogP contribution is 2.21. The quantitative estimate of drug-likeness (QED) is 0.720. The summed E-state index contributed by atoms with van der Waals surface area (Å²) in [7, 11) is 0. The maximum absolute atomic E-state index is 13.2. The molecule has 1 aromatic heterocycles. The van der Waals surface area contributed by atoms with Gasteiger partial charge in [0.25, 0.3) is 0 Å². The second-order valence-electron chi connectivity index (χ2n) is 5.58. The van der Waals surface area contributed by atoms with Gasteiger partial charge in [-0.25, -0.2) is 13.8 Å². The third kappa shape index (κ3) is 4.91. The lowest BCUT2D eigenvalue weighted by Gasteiger charge is -2.11. The molecule has 1 aromatic carbocycles. The second-order valence-corrected chi connectivity index (χ2v) is 5.58. The third-order valence-corrected chi connectivity index (χ3v) is 3.53. The SMILES string of the molecule is CCCCCC(C)NCc1coc(-c2cc(F)cc(F)c2)n1. The van der Waals surface area contributed by atoms with Gasteiger partial charge in [-0.2, -0.15) is 0 Å². The number of halogens is 2. The number of rotatable bonds is 8. The predicted octanol–water partition coefficient (Wildman–Crippen LogP) is 4.68. The Kier molecular flexibility index (Phi) is 6.07. The maximum atomic E-state index is 13.2. The van der Waals surface area contributed by atoms with Crippen molar-refractivity contribution in [2.75, 3.05) is 0 Å². The van der Waals surface area contributed by atoms with Gasteiger partial charge >= 0.3 is 0 Å². The molecule has 2 rings (SSSR count). The van der Waals surface area contributed by atoms with E-state index in [-0.39, 0.29) is 5.89 Å². The highest BCUT2D eigenvalue weighted by Gasteiger charge is 2.10. The van der Waals surface area contributed by atoms with E-state index in [0.717, 1.165) is 18.2 Å². The zero-order valence-electron chi connectivity index (χ0n) is 13.0. The summed E-state index contributed by atoms with van der Waals surface area (Å²) in [4.78, 5) is 4.27. The topological polar surface area (TPSA) is 38.1 Å². The van der Waals surface area contributed by atoms with E-state index in [1.807, 2.05) is 0 Å². The number of nitrogens with one attached hydrogen (secondary N) is 1. The minimum Gasteiger partial charge on any atom is -0.444 e. The molecule has 0 aliphatic rings. The van der Waals surface area contributed by atoms with E-state index in [0.29, 0.717) is 18.2 Å². The summed E-state index contributed by atoms with van der Waals surface area (Å²) < 4.78 is 31.7. The zero-order valence-corrected chi connectivity index (χ0v) is 13.0. The molecular formula is C17H22F2N2O. The number of oxazole rings is 1. The van der Waals surface area contributed by atoms with Crippen LogP contribution in [-0.4, -0.2) is 11.0 Å². The number of benzene rings is 1. The van der Waals surface area contributed by atoms with Gasteiger partial charge in [-0.3, -0.25) is 0 Å². The van der Waals surface area contributed by atoms with Crippen molar-refractivity contribution in [2.24, 2.45) is 0 Å². The molecule has 0 aliphatic carbocycles. The number of aromatic nitrogens is 1.